The van der Waals surface area contributed by atoms with Crippen LogP contribution < -0.4 is 10.6 Å². The molecule has 0 bridgehead atoms. The van der Waals surface area contributed by atoms with Crippen LogP contribution in [0.5, 0.6) is 0 Å². The Balaban J connectivity index is 1.42. The number of nitrogens with zero attached hydrogens (tertiary/aromatic N) is 1. The van der Waals surface area contributed by atoms with Crippen molar-refractivity contribution in [2.24, 2.45) is 10.9 Å². The Hall–Kier alpha value is -1.59. The standard InChI is InChI=1S/C22H37N3O2/c1-2-23-22(25-15-8-17-27-19-21-11-12-21)24-14-6-7-16-26-18-13-20-9-4-3-5-10-20/h3-5,9-10,21H,2,6-8,11-19H2,1H3,(H2,23,24,25). The molecule has 0 amide bonds. The van der Waals surface area contributed by atoms with Gasteiger partial charge in [-0.3, -0.25) is 4.99 Å². The molecule has 27 heavy (non-hydrogen) atoms. The molecular weight excluding hydrogens is 338 g/mol. The topological polar surface area (TPSA) is 54.9 Å². The number of guanidine groups is 1. The van der Waals surface area contributed by atoms with Crippen LogP contribution in [0.2, 0.25) is 0 Å². The maximum atomic E-state index is 5.73. The van der Waals surface area contributed by atoms with E-state index in [4.69, 9.17) is 9.47 Å². The number of hydrogen-bond donors (Lipinski definition) is 2. The molecule has 152 valence electrons. The van der Waals surface area contributed by atoms with Crippen molar-refractivity contribution in [1.82, 2.24) is 10.6 Å². The highest BCUT2D eigenvalue weighted by molar-refractivity contribution is 5.79. The first kappa shape index (κ1) is 21.7. The molecule has 0 aromatic heterocycles. The van der Waals surface area contributed by atoms with E-state index >= 15 is 0 Å². The van der Waals surface area contributed by atoms with Gasteiger partial charge in [0.25, 0.3) is 0 Å². The lowest BCUT2D eigenvalue weighted by molar-refractivity contribution is 0.123. The van der Waals surface area contributed by atoms with Crippen molar-refractivity contribution in [2.75, 3.05) is 46.1 Å². The summed E-state index contributed by atoms with van der Waals surface area (Å²) in [4.78, 5) is 4.61. The zero-order valence-corrected chi connectivity index (χ0v) is 16.9. The molecule has 0 radical (unpaired) electrons. The van der Waals surface area contributed by atoms with Gasteiger partial charge in [0.1, 0.15) is 0 Å². The second kappa shape index (κ2) is 14.5. The second-order valence-corrected chi connectivity index (χ2v) is 7.11. The molecule has 1 fully saturated rings. The van der Waals surface area contributed by atoms with Gasteiger partial charge >= 0.3 is 0 Å². The number of rotatable bonds is 15. The fourth-order valence-corrected chi connectivity index (χ4v) is 2.71. The van der Waals surface area contributed by atoms with Gasteiger partial charge in [0.05, 0.1) is 6.61 Å². The molecule has 1 aromatic rings. The minimum atomic E-state index is 0.796. The van der Waals surface area contributed by atoms with E-state index < -0.39 is 0 Å². The molecule has 0 saturated heterocycles. The third-order valence-electron chi connectivity index (χ3n) is 4.50. The van der Waals surface area contributed by atoms with Crippen LogP contribution in [-0.2, 0) is 15.9 Å². The summed E-state index contributed by atoms with van der Waals surface area (Å²) in [6, 6.07) is 10.5. The van der Waals surface area contributed by atoms with Crippen LogP contribution in [0, 0.1) is 5.92 Å². The largest absolute Gasteiger partial charge is 0.381 e. The summed E-state index contributed by atoms with van der Waals surface area (Å²) in [5.74, 6) is 1.75. The number of unbranched alkanes of at least 4 members (excludes halogenated alkanes) is 1. The molecule has 0 heterocycles. The van der Waals surface area contributed by atoms with Gasteiger partial charge in [0, 0.05) is 39.5 Å². The maximum Gasteiger partial charge on any atom is 0.191 e. The molecule has 0 unspecified atom stereocenters. The molecule has 1 saturated carbocycles. The SMILES string of the molecule is CCNC(=NCCCOCC1CC1)NCCCCOCCc1ccccc1. The number of hydrogen-bond acceptors (Lipinski definition) is 3. The number of ether oxygens (including phenoxy) is 2. The lowest BCUT2D eigenvalue weighted by Crippen LogP contribution is -2.38. The van der Waals surface area contributed by atoms with Crippen LogP contribution in [0.15, 0.2) is 35.3 Å². The highest BCUT2D eigenvalue weighted by atomic mass is 16.5. The third-order valence-corrected chi connectivity index (χ3v) is 4.50. The summed E-state index contributed by atoms with van der Waals surface area (Å²) in [6.07, 6.45) is 6.82. The van der Waals surface area contributed by atoms with Crippen LogP contribution in [0.4, 0.5) is 0 Å². The minimum Gasteiger partial charge on any atom is -0.381 e. The van der Waals surface area contributed by atoms with Gasteiger partial charge in [0.15, 0.2) is 5.96 Å². The van der Waals surface area contributed by atoms with Crippen molar-refractivity contribution < 1.29 is 9.47 Å². The molecule has 2 rings (SSSR count). The Morgan fingerprint density at radius 2 is 1.81 bits per heavy atom. The lowest BCUT2D eigenvalue weighted by atomic mass is 10.2. The predicted octanol–water partition coefficient (Wildman–Crippen LogP) is 3.40. The van der Waals surface area contributed by atoms with Crippen molar-refractivity contribution >= 4 is 5.96 Å². The van der Waals surface area contributed by atoms with E-state index in [1.165, 1.54) is 18.4 Å². The van der Waals surface area contributed by atoms with Gasteiger partial charge < -0.3 is 20.1 Å². The number of benzene rings is 1. The smallest absolute Gasteiger partial charge is 0.191 e. The van der Waals surface area contributed by atoms with Crippen molar-refractivity contribution in [3.05, 3.63) is 35.9 Å². The van der Waals surface area contributed by atoms with Crippen molar-refractivity contribution in [3.63, 3.8) is 0 Å². The summed E-state index contributed by atoms with van der Waals surface area (Å²) in [5, 5.41) is 6.70. The Morgan fingerprint density at radius 3 is 2.59 bits per heavy atom. The van der Waals surface area contributed by atoms with Crippen molar-refractivity contribution in [1.29, 1.82) is 0 Å². The van der Waals surface area contributed by atoms with Gasteiger partial charge in [0.2, 0.25) is 0 Å². The maximum absolute atomic E-state index is 5.73. The lowest BCUT2D eigenvalue weighted by Gasteiger charge is -2.11. The highest BCUT2D eigenvalue weighted by Gasteiger charge is 2.20. The summed E-state index contributed by atoms with van der Waals surface area (Å²) < 4.78 is 11.4. The average Bonchev–Trinajstić information content (AvgIpc) is 3.51. The van der Waals surface area contributed by atoms with Crippen LogP contribution in [0.1, 0.15) is 44.6 Å². The third kappa shape index (κ3) is 11.7. The van der Waals surface area contributed by atoms with Crippen molar-refractivity contribution in [2.45, 2.75) is 45.4 Å². The first-order valence-corrected chi connectivity index (χ1v) is 10.6. The van der Waals surface area contributed by atoms with E-state index in [2.05, 4.69) is 46.8 Å². The van der Waals surface area contributed by atoms with Gasteiger partial charge in [-0.05, 0) is 56.9 Å². The van der Waals surface area contributed by atoms with E-state index in [1.807, 2.05) is 6.07 Å². The average molecular weight is 376 g/mol. The summed E-state index contributed by atoms with van der Waals surface area (Å²) in [6.45, 7) is 8.08. The molecule has 5 nitrogen and oxygen atoms in total. The molecule has 1 aliphatic carbocycles. The highest BCUT2D eigenvalue weighted by Crippen LogP contribution is 2.28. The minimum absolute atomic E-state index is 0.796. The van der Waals surface area contributed by atoms with Crippen LogP contribution in [0.3, 0.4) is 0 Å². The molecule has 1 aliphatic rings. The van der Waals surface area contributed by atoms with Gasteiger partial charge in [-0.25, -0.2) is 0 Å². The predicted molar refractivity (Wildman–Crippen MR) is 112 cm³/mol. The van der Waals surface area contributed by atoms with Gasteiger partial charge in [-0.15, -0.1) is 0 Å². The van der Waals surface area contributed by atoms with Crippen molar-refractivity contribution in [3.8, 4) is 0 Å². The van der Waals surface area contributed by atoms with Gasteiger partial charge in [-0.2, -0.15) is 0 Å². The van der Waals surface area contributed by atoms with Gasteiger partial charge in [-0.1, -0.05) is 30.3 Å². The van der Waals surface area contributed by atoms with Crippen LogP contribution in [0.25, 0.3) is 0 Å². The monoisotopic (exact) mass is 375 g/mol. The van der Waals surface area contributed by atoms with Crippen LogP contribution >= 0.6 is 0 Å². The fourth-order valence-electron chi connectivity index (χ4n) is 2.71. The fraction of sp³-hybridized carbons (Fsp3) is 0.682. The molecule has 0 aliphatic heterocycles. The molecule has 1 aromatic carbocycles. The quantitative estimate of drug-likeness (QED) is 0.280. The normalized spacial score (nSPS) is 14.3. The summed E-state index contributed by atoms with van der Waals surface area (Å²) in [7, 11) is 0. The zero-order chi connectivity index (χ0) is 19.0. The Morgan fingerprint density at radius 1 is 1.00 bits per heavy atom. The van der Waals surface area contributed by atoms with Crippen LogP contribution in [-0.4, -0.2) is 52.0 Å². The van der Waals surface area contributed by atoms with E-state index in [0.29, 0.717) is 0 Å². The second-order valence-electron chi connectivity index (χ2n) is 7.11. The molecule has 0 atom stereocenters. The number of nitrogens with one attached hydrogen (secondary N) is 2. The first-order chi connectivity index (χ1) is 13.4. The first-order valence-electron chi connectivity index (χ1n) is 10.6. The molecular formula is C22H37N3O2. The molecule has 0 spiro atoms. The summed E-state index contributed by atoms with van der Waals surface area (Å²) >= 11 is 0. The Bertz CT molecular complexity index is 504. The molecule has 2 N–H and O–H groups in total. The zero-order valence-electron chi connectivity index (χ0n) is 16.9. The number of aliphatic imine (C=N–C) groups is 1. The summed E-state index contributed by atoms with van der Waals surface area (Å²) in [5.41, 5.74) is 1.34. The van der Waals surface area contributed by atoms with E-state index in [9.17, 15) is 0 Å². The van der Waals surface area contributed by atoms with E-state index in [0.717, 1.165) is 83.6 Å². The van der Waals surface area contributed by atoms with E-state index in [-0.39, 0.29) is 0 Å². The molecule has 5 heteroatoms. The Kier molecular flexibility index (Phi) is 11.6. The Labute approximate surface area is 164 Å². The van der Waals surface area contributed by atoms with E-state index in [1.54, 1.807) is 0 Å².